The Labute approximate surface area is 110 Å². The van der Waals surface area contributed by atoms with Crippen molar-refractivity contribution in [3.8, 4) is 0 Å². The van der Waals surface area contributed by atoms with Crippen molar-refractivity contribution in [2.24, 2.45) is 0 Å². The van der Waals surface area contributed by atoms with E-state index in [1.54, 1.807) is 0 Å². The van der Waals surface area contributed by atoms with Gasteiger partial charge in [0.25, 0.3) is 0 Å². The van der Waals surface area contributed by atoms with Crippen LogP contribution in [-0.2, 0) is 11.3 Å². The lowest BCUT2D eigenvalue weighted by Gasteiger charge is -2.25. The first-order valence-electron chi connectivity index (χ1n) is 6.16. The molecule has 2 rings (SSSR count). The van der Waals surface area contributed by atoms with Crippen LogP contribution in [-0.4, -0.2) is 51.2 Å². The Balaban J connectivity index is 1.80. The molecule has 19 heavy (non-hydrogen) atoms. The average molecular weight is 270 g/mol. The van der Waals surface area contributed by atoms with E-state index in [0.29, 0.717) is 13.2 Å². The number of aliphatic hydroxyl groups excluding tert-OH is 1. The monoisotopic (exact) mass is 270 g/mol. The number of nitro groups is 1. The molecule has 1 aromatic heterocycles. The maximum Gasteiger partial charge on any atom is 0.306 e. The highest BCUT2D eigenvalue weighted by molar-refractivity contribution is 5.20. The topological polar surface area (TPSA) is 102 Å². The molecule has 106 valence electrons. The van der Waals surface area contributed by atoms with Gasteiger partial charge in [-0.15, -0.1) is 0 Å². The number of aromatic nitrogens is 2. The molecule has 1 fully saturated rings. The van der Waals surface area contributed by atoms with Crippen molar-refractivity contribution in [2.45, 2.75) is 31.5 Å². The SMILES string of the molecule is CC1(NCC(O)Cn2cc([N+](=O)[O-])cn2)CCOC1. The van der Waals surface area contributed by atoms with Gasteiger partial charge in [0.15, 0.2) is 0 Å². The highest BCUT2D eigenvalue weighted by atomic mass is 16.6. The van der Waals surface area contributed by atoms with Gasteiger partial charge in [-0.3, -0.25) is 14.8 Å². The summed E-state index contributed by atoms with van der Waals surface area (Å²) in [5, 5.41) is 27.5. The molecule has 0 bridgehead atoms. The first kappa shape index (κ1) is 13.9. The number of β-amino-alcohol motifs (C(OH)–C–C–N with tert-alkyl or cyclic N) is 1. The summed E-state index contributed by atoms with van der Waals surface area (Å²) in [4.78, 5) is 10.00. The van der Waals surface area contributed by atoms with Gasteiger partial charge in [0.1, 0.15) is 12.4 Å². The van der Waals surface area contributed by atoms with Gasteiger partial charge in [-0.25, -0.2) is 0 Å². The number of aliphatic hydroxyl groups is 1. The van der Waals surface area contributed by atoms with Gasteiger partial charge in [0.05, 0.1) is 24.2 Å². The van der Waals surface area contributed by atoms with E-state index in [1.807, 2.05) is 6.92 Å². The van der Waals surface area contributed by atoms with Gasteiger partial charge in [-0.05, 0) is 13.3 Å². The van der Waals surface area contributed by atoms with Crippen LogP contribution >= 0.6 is 0 Å². The van der Waals surface area contributed by atoms with E-state index < -0.39 is 11.0 Å². The Kier molecular flexibility index (Phi) is 4.13. The van der Waals surface area contributed by atoms with Gasteiger partial charge in [0.2, 0.25) is 0 Å². The summed E-state index contributed by atoms with van der Waals surface area (Å²) < 4.78 is 6.68. The lowest BCUT2D eigenvalue weighted by molar-refractivity contribution is -0.385. The fourth-order valence-corrected chi connectivity index (χ4v) is 2.00. The zero-order valence-corrected chi connectivity index (χ0v) is 10.8. The Bertz CT molecular complexity index is 442. The summed E-state index contributed by atoms with van der Waals surface area (Å²) in [5.41, 5.74) is -0.173. The molecule has 0 spiro atoms. The third-order valence-electron chi connectivity index (χ3n) is 3.21. The number of hydrogen-bond donors (Lipinski definition) is 2. The molecule has 0 saturated carbocycles. The van der Waals surface area contributed by atoms with E-state index in [2.05, 4.69) is 10.4 Å². The number of nitrogens with zero attached hydrogens (tertiary/aromatic N) is 3. The molecule has 0 aliphatic carbocycles. The van der Waals surface area contributed by atoms with Crippen LogP contribution in [0.4, 0.5) is 5.69 Å². The number of nitrogens with one attached hydrogen (secondary N) is 1. The van der Waals surface area contributed by atoms with Gasteiger partial charge in [0, 0.05) is 18.7 Å². The van der Waals surface area contributed by atoms with E-state index >= 15 is 0 Å². The summed E-state index contributed by atoms with van der Waals surface area (Å²) in [5.74, 6) is 0. The molecule has 1 aliphatic rings. The lowest BCUT2D eigenvalue weighted by atomic mass is 10.0. The van der Waals surface area contributed by atoms with Crippen molar-refractivity contribution in [1.82, 2.24) is 15.1 Å². The third-order valence-corrected chi connectivity index (χ3v) is 3.21. The fourth-order valence-electron chi connectivity index (χ4n) is 2.00. The van der Waals surface area contributed by atoms with Crippen LogP contribution in [0.15, 0.2) is 12.4 Å². The first-order valence-corrected chi connectivity index (χ1v) is 6.16. The molecule has 1 aromatic rings. The van der Waals surface area contributed by atoms with Gasteiger partial charge >= 0.3 is 5.69 Å². The van der Waals surface area contributed by atoms with E-state index in [9.17, 15) is 15.2 Å². The van der Waals surface area contributed by atoms with Crippen molar-refractivity contribution in [3.05, 3.63) is 22.5 Å². The van der Waals surface area contributed by atoms with Gasteiger partial charge in [-0.1, -0.05) is 0 Å². The Morgan fingerprint density at radius 1 is 1.79 bits per heavy atom. The summed E-state index contributed by atoms with van der Waals surface area (Å²) >= 11 is 0. The molecular weight excluding hydrogens is 252 g/mol. The highest BCUT2D eigenvalue weighted by Gasteiger charge is 2.29. The van der Waals surface area contributed by atoms with Crippen LogP contribution in [0.3, 0.4) is 0 Å². The normalized spacial score (nSPS) is 24.5. The van der Waals surface area contributed by atoms with Gasteiger partial charge < -0.3 is 15.2 Å². The van der Waals surface area contributed by atoms with E-state index in [1.165, 1.54) is 17.1 Å². The van der Waals surface area contributed by atoms with Crippen molar-refractivity contribution < 1.29 is 14.8 Å². The third kappa shape index (κ3) is 3.72. The molecular formula is C11H18N4O4. The second-order valence-electron chi connectivity index (χ2n) is 5.08. The van der Waals surface area contributed by atoms with Crippen LogP contribution in [0, 0.1) is 10.1 Å². The largest absolute Gasteiger partial charge is 0.390 e. The van der Waals surface area contributed by atoms with Crippen LogP contribution in [0.2, 0.25) is 0 Å². The number of hydrogen-bond acceptors (Lipinski definition) is 6. The predicted molar refractivity (Wildman–Crippen MR) is 66.7 cm³/mol. The molecule has 0 amide bonds. The maximum atomic E-state index is 10.5. The van der Waals surface area contributed by atoms with Crippen molar-refractivity contribution >= 4 is 5.69 Å². The van der Waals surface area contributed by atoms with Crippen LogP contribution < -0.4 is 5.32 Å². The zero-order chi connectivity index (χ0) is 13.9. The highest BCUT2D eigenvalue weighted by Crippen LogP contribution is 2.17. The molecule has 0 aromatic carbocycles. The molecule has 8 nitrogen and oxygen atoms in total. The minimum atomic E-state index is -0.656. The Morgan fingerprint density at radius 3 is 3.16 bits per heavy atom. The lowest BCUT2D eigenvalue weighted by Crippen LogP contribution is -2.47. The zero-order valence-electron chi connectivity index (χ0n) is 10.8. The standard InChI is InChI=1S/C11H18N4O4/c1-11(2-3-19-8-11)12-5-10(16)7-14-6-9(4-13-14)15(17)18/h4,6,10,12,16H,2-3,5,7-8H2,1H3. The van der Waals surface area contributed by atoms with Crippen LogP contribution in [0.25, 0.3) is 0 Å². The molecule has 0 radical (unpaired) electrons. The minimum absolute atomic E-state index is 0.0729. The Morgan fingerprint density at radius 2 is 2.58 bits per heavy atom. The van der Waals surface area contributed by atoms with Crippen molar-refractivity contribution in [3.63, 3.8) is 0 Å². The molecule has 2 atom stereocenters. The summed E-state index contributed by atoms with van der Waals surface area (Å²) in [6, 6.07) is 0. The van der Waals surface area contributed by atoms with Crippen molar-refractivity contribution in [2.75, 3.05) is 19.8 Å². The van der Waals surface area contributed by atoms with Crippen molar-refractivity contribution in [1.29, 1.82) is 0 Å². The molecule has 1 saturated heterocycles. The summed E-state index contributed by atoms with van der Waals surface area (Å²) in [6.07, 6.45) is 2.74. The van der Waals surface area contributed by atoms with E-state index in [-0.39, 0.29) is 17.8 Å². The molecule has 2 heterocycles. The van der Waals surface area contributed by atoms with E-state index in [4.69, 9.17) is 4.74 Å². The predicted octanol–water partition coefficient (Wildman–Crippen LogP) is -0.0792. The average Bonchev–Trinajstić information content (AvgIpc) is 2.97. The molecule has 2 N–H and O–H groups in total. The molecule has 8 heteroatoms. The van der Waals surface area contributed by atoms with E-state index in [0.717, 1.165) is 13.0 Å². The smallest absolute Gasteiger partial charge is 0.306 e. The molecule has 2 unspecified atom stereocenters. The van der Waals surface area contributed by atoms with Crippen LogP contribution in [0.5, 0.6) is 0 Å². The summed E-state index contributed by atoms with van der Waals surface area (Å²) in [6.45, 7) is 4.02. The number of ether oxygens (including phenoxy) is 1. The number of rotatable bonds is 6. The first-order chi connectivity index (χ1) is 8.98. The fraction of sp³-hybridized carbons (Fsp3) is 0.727. The van der Waals surface area contributed by atoms with Gasteiger partial charge in [-0.2, -0.15) is 5.10 Å². The molecule has 1 aliphatic heterocycles. The minimum Gasteiger partial charge on any atom is -0.390 e. The second-order valence-corrected chi connectivity index (χ2v) is 5.08. The second kappa shape index (κ2) is 5.64. The summed E-state index contributed by atoms with van der Waals surface area (Å²) in [7, 11) is 0. The maximum absolute atomic E-state index is 10.5. The Hall–Kier alpha value is -1.51. The van der Waals surface area contributed by atoms with Crippen LogP contribution in [0.1, 0.15) is 13.3 Å². The quantitative estimate of drug-likeness (QED) is 0.553.